The van der Waals surface area contributed by atoms with Crippen molar-refractivity contribution in [3.8, 4) is 0 Å². The number of hydrogen-bond acceptors (Lipinski definition) is 8. The van der Waals surface area contributed by atoms with Crippen molar-refractivity contribution in [3.63, 3.8) is 0 Å². The van der Waals surface area contributed by atoms with Crippen molar-refractivity contribution in [1.82, 2.24) is 34.4 Å². The summed E-state index contributed by atoms with van der Waals surface area (Å²) in [4.78, 5) is 23.7. The van der Waals surface area contributed by atoms with Crippen molar-refractivity contribution in [3.05, 3.63) is 53.5 Å². The number of rotatable bonds is 17. The van der Waals surface area contributed by atoms with Gasteiger partial charge in [-0.2, -0.15) is 0 Å². The number of likely N-dealkylation sites (N-methyl/N-ethyl adjacent to an activating group) is 6. The van der Waals surface area contributed by atoms with Gasteiger partial charge in [0.15, 0.2) is 0 Å². The normalized spacial score (nSPS) is 17.1. The van der Waals surface area contributed by atoms with Gasteiger partial charge in [-0.15, -0.1) is 0 Å². The summed E-state index contributed by atoms with van der Waals surface area (Å²) < 4.78 is 0. The first kappa shape index (κ1) is 28.6. The van der Waals surface area contributed by atoms with Crippen LogP contribution in [0, 0.1) is 0 Å². The van der Waals surface area contributed by atoms with Crippen LogP contribution in [0.1, 0.15) is 11.4 Å². The van der Waals surface area contributed by atoms with Crippen LogP contribution in [0.5, 0.6) is 0 Å². The molecule has 8 nitrogen and oxygen atoms in total. The van der Waals surface area contributed by atoms with E-state index < -0.39 is 0 Å². The molecule has 0 radical (unpaired) electrons. The van der Waals surface area contributed by atoms with Gasteiger partial charge in [0.2, 0.25) is 0 Å². The van der Waals surface area contributed by atoms with E-state index in [9.17, 15) is 0 Å². The van der Waals surface area contributed by atoms with Crippen molar-refractivity contribution >= 4 is 5.71 Å². The number of nitrogens with zero attached hydrogens (tertiary/aromatic N) is 8. The summed E-state index contributed by atoms with van der Waals surface area (Å²) in [5.74, 6) is 0. The molecule has 2 heterocycles. The predicted octanol–water partition coefficient (Wildman–Crippen LogP) is 1.58. The lowest BCUT2D eigenvalue weighted by molar-refractivity contribution is 0.216. The zero-order chi connectivity index (χ0) is 26.1. The van der Waals surface area contributed by atoms with Gasteiger partial charge >= 0.3 is 0 Å². The van der Waals surface area contributed by atoms with Crippen molar-refractivity contribution in [2.75, 3.05) is 102 Å². The van der Waals surface area contributed by atoms with Gasteiger partial charge in [0, 0.05) is 65.4 Å². The summed E-state index contributed by atoms with van der Waals surface area (Å²) in [7, 11) is 15.2. The zero-order valence-electron chi connectivity index (χ0n) is 23.7. The van der Waals surface area contributed by atoms with E-state index in [1.54, 1.807) is 0 Å². The fraction of sp³-hybridized carbons (Fsp3) is 0.643. The van der Waals surface area contributed by atoms with Gasteiger partial charge in [0.05, 0.1) is 28.8 Å². The van der Waals surface area contributed by atoms with Crippen molar-refractivity contribution < 1.29 is 0 Å². The number of pyridine rings is 1. The third kappa shape index (κ3) is 9.18. The summed E-state index contributed by atoms with van der Waals surface area (Å²) in [6, 6.07) is 6.84. The van der Waals surface area contributed by atoms with Crippen LogP contribution in [0.2, 0.25) is 0 Å². The van der Waals surface area contributed by atoms with E-state index in [0.29, 0.717) is 6.04 Å². The molecule has 0 saturated carbocycles. The smallest absolute Gasteiger partial charge is 0.0948 e. The van der Waals surface area contributed by atoms with E-state index >= 15 is 0 Å². The molecule has 0 amide bonds. The molecule has 2 bridgehead atoms. The Hall–Kier alpha value is -1.94. The lowest BCUT2D eigenvalue weighted by Crippen LogP contribution is -2.48. The number of fused-ring (bicyclic) bond motifs is 2. The molecule has 0 N–H and O–H groups in total. The standard InChI is InChI=1S/C28H48N8/c1-31(2)14-15-32(3)16-18-34(5)22-24-10-8-11-25(29-24)23-35(6)19-17-33(4)20-21-36(7)28-26-12-9-13-27(28)30-26/h8-13,28H,14-23H2,1-7H3. The van der Waals surface area contributed by atoms with E-state index in [2.05, 4.69) is 120 Å². The van der Waals surface area contributed by atoms with Crippen LogP contribution in [0.15, 0.2) is 47.1 Å². The topological polar surface area (TPSA) is 44.7 Å². The molecule has 36 heavy (non-hydrogen) atoms. The summed E-state index contributed by atoms with van der Waals surface area (Å²) in [6.45, 7) is 10.2. The molecule has 1 aliphatic carbocycles. The molecule has 8 heteroatoms. The summed E-state index contributed by atoms with van der Waals surface area (Å²) in [5.41, 5.74) is 4.69. The zero-order valence-corrected chi connectivity index (χ0v) is 23.7. The highest BCUT2D eigenvalue weighted by Gasteiger charge is 2.32. The third-order valence-corrected chi connectivity index (χ3v) is 7.01. The summed E-state index contributed by atoms with van der Waals surface area (Å²) >= 11 is 0. The Bertz CT molecular complexity index is 897. The molecule has 0 aromatic carbocycles. The highest BCUT2D eigenvalue weighted by molar-refractivity contribution is 6.08. The number of aliphatic imine (C=N–C) groups is 1. The maximum Gasteiger partial charge on any atom is 0.0948 e. The minimum Gasteiger partial charge on any atom is -0.308 e. The molecule has 0 saturated heterocycles. The molecule has 1 aromatic rings. The second-order valence-electron chi connectivity index (χ2n) is 10.9. The molecule has 2 aliphatic rings. The first-order valence-corrected chi connectivity index (χ1v) is 13.2. The summed E-state index contributed by atoms with van der Waals surface area (Å²) in [5, 5.41) is 0. The maximum absolute atomic E-state index is 4.94. The SMILES string of the molecule is CN(C)CCN(C)CCN(C)Cc1cccc(CN(C)CCN(C)CCN(C)C2c3cccc2n3)n1. The highest BCUT2D eigenvalue weighted by Crippen LogP contribution is 2.27. The Balaban J connectivity index is 1.33. The molecule has 200 valence electrons. The van der Waals surface area contributed by atoms with E-state index in [1.807, 2.05) is 0 Å². The lowest BCUT2D eigenvalue weighted by Gasteiger charge is -2.37. The highest BCUT2D eigenvalue weighted by atomic mass is 15.2. The number of hydrogen-bond donors (Lipinski definition) is 0. The molecule has 1 aromatic heterocycles. The fourth-order valence-electron chi connectivity index (χ4n) is 4.46. The number of allylic oxidation sites excluding steroid dienone is 2. The van der Waals surface area contributed by atoms with Gasteiger partial charge in [-0.05, 0) is 73.6 Å². The average Bonchev–Trinajstić information content (AvgIpc) is 2.84. The first-order valence-electron chi connectivity index (χ1n) is 13.2. The van der Waals surface area contributed by atoms with Gasteiger partial charge in [-0.3, -0.25) is 24.7 Å². The second kappa shape index (κ2) is 14.1. The van der Waals surface area contributed by atoms with Crippen LogP contribution in [-0.2, 0) is 13.1 Å². The first-order chi connectivity index (χ1) is 17.2. The Labute approximate surface area is 219 Å². The van der Waals surface area contributed by atoms with E-state index in [-0.39, 0.29) is 0 Å². The number of aromatic nitrogens is 1. The van der Waals surface area contributed by atoms with Gasteiger partial charge in [-0.25, -0.2) is 0 Å². The van der Waals surface area contributed by atoms with E-state index in [0.717, 1.165) is 76.8 Å². The van der Waals surface area contributed by atoms with Gasteiger partial charge < -0.3 is 14.7 Å². The van der Waals surface area contributed by atoms with E-state index in [1.165, 1.54) is 11.4 Å². The van der Waals surface area contributed by atoms with Crippen LogP contribution in [0.3, 0.4) is 0 Å². The maximum atomic E-state index is 4.94. The Morgan fingerprint density at radius 1 is 0.667 bits per heavy atom. The molecular weight excluding hydrogens is 448 g/mol. The minimum atomic E-state index is 0.396. The molecule has 3 rings (SSSR count). The van der Waals surface area contributed by atoms with Crippen molar-refractivity contribution in [2.24, 2.45) is 4.99 Å². The van der Waals surface area contributed by atoms with Crippen LogP contribution >= 0.6 is 0 Å². The molecule has 1 atom stereocenters. The Morgan fingerprint density at radius 3 is 1.69 bits per heavy atom. The fourth-order valence-corrected chi connectivity index (χ4v) is 4.46. The Morgan fingerprint density at radius 2 is 1.19 bits per heavy atom. The van der Waals surface area contributed by atoms with Gasteiger partial charge in [0.1, 0.15) is 0 Å². The quantitative estimate of drug-likeness (QED) is 0.324. The van der Waals surface area contributed by atoms with Crippen molar-refractivity contribution in [1.29, 1.82) is 0 Å². The largest absolute Gasteiger partial charge is 0.308 e. The molecular formula is C28H48N8. The van der Waals surface area contributed by atoms with Crippen LogP contribution in [-0.4, -0.2) is 148 Å². The van der Waals surface area contributed by atoms with Gasteiger partial charge in [0.25, 0.3) is 0 Å². The van der Waals surface area contributed by atoms with E-state index in [4.69, 9.17) is 4.98 Å². The lowest BCUT2D eigenvalue weighted by atomic mass is 9.95. The minimum absolute atomic E-state index is 0.396. The van der Waals surface area contributed by atoms with Crippen LogP contribution in [0.4, 0.5) is 0 Å². The molecule has 0 spiro atoms. The van der Waals surface area contributed by atoms with Crippen molar-refractivity contribution in [2.45, 2.75) is 19.1 Å². The van der Waals surface area contributed by atoms with Crippen LogP contribution in [0.25, 0.3) is 0 Å². The molecule has 0 fully saturated rings. The average molecular weight is 497 g/mol. The predicted molar refractivity (Wildman–Crippen MR) is 152 cm³/mol. The Kier molecular flexibility index (Phi) is 11.2. The summed E-state index contributed by atoms with van der Waals surface area (Å²) in [6.07, 6.45) is 6.35. The second-order valence-corrected chi connectivity index (χ2v) is 10.9. The molecule has 1 aliphatic heterocycles. The van der Waals surface area contributed by atoms with Gasteiger partial charge in [-0.1, -0.05) is 12.1 Å². The third-order valence-electron chi connectivity index (χ3n) is 7.01. The molecule has 1 unspecified atom stereocenters. The monoisotopic (exact) mass is 496 g/mol. The van der Waals surface area contributed by atoms with Crippen LogP contribution < -0.4 is 0 Å².